The Hall–Kier alpha value is -1.77. The van der Waals surface area contributed by atoms with Crippen molar-refractivity contribution in [2.24, 2.45) is 0 Å². The van der Waals surface area contributed by atoms with E-state index in [1.54, 1.807) is 0 Å². The fourth-order valence-corrected chi connectivity index (χ4v) is 3.50. The second kappa shape index (κ2) is 6.33. The smallest absolute Gasteiger partial charge is 0.250 e. The largest absolute Gasteiger partial charge is 0.497 e. The highest BCUT2D eigenvalue weighted by Crippen LogP contribution is 2.33. The van der Waals surface area contributed by atoms with Crippen LogP contribution in [0.3, 0.4) is 0 Å². The van der Waals surface area contributed by atoms with Crippen molar-refractivity contribution in [1.82, 2.24) is 5.32 Å². The lowest BCUT2D eigenvalue weighted by Crippen LogP contribution is -2.41. The number of ether oxygens (including phenoxy) is 1. The molecule has 21 heavy (non-hydrogen) atoms. The lowest BCUT2D eigenvalue weighted by Gasteiger charge is -2.32. The topological polar surface area (TPSA) is 38.3 Å². The van der Waals surface area contributed by atoms with Gasteiger partial charge < -0.3 is 10.1 Å². The van der Waals surface area contributed by atoms with Gasteiger partial charge >= 0.3 is 0 Å². The molecule has 1 aromatic rings. The second-order valence-corrected chi connectivity index (χ2v) is 6.01. The van der Waals surface area contributed by atoms with E-state index < -0.39 is 0 Å². The molecule has 0 saturated heterocycles. The highest BCUT2D eigenvalue weighted by atomic mass is 16.5. The van der Waals surface area contributed by atoms with Crippen LogP contribution in [-0.2, 0) is 9.53 Å². The summed E-state index contributed by atoms with van der Waals surface area (Å²) in [5.74, 6) is 1.30. The number of hydrogen-bond donors (Lipinski definition) is 1. The fourth-order valence-electron chi connectivity index (χ4n) is 3.50. The Morgan fingerprint density at radius 1 is 1.19 bits per heavy atom. The van der Waals surface area contributed by atoms with Crippen molar-refractivity contribution in [2.45, 2.75) is 51.0 Å². The lowest BCUT2D eigenvalue weighted by molar-refractivity contribution is -0.118. The van der Waals surface area contributed by atoms with Gasteiger partial charge in [0.2, 0.25) is 0 Å². The molecule has 2 atom stereocenters. The molecule has 3 rings (SSSR count). The Morgan fingerprint density at radius 3 is 2.67 bits per heavy atom. The van der Waals surface area contributed by atoms with Gasteiger partial charge in [-0.05, 0) is 25.3 Å². The first-order chi connectivity index (χ1) is 10.3. The molecule has 1 amide bonds. The number of hydrogen-bond acceptors (Lipinski definition) is 2. The van der Waals surface area contributed by atoms with Gasteiger partial charge in [-0.25, -0.2) is 0 Å². The van der Waals surface area contributed by atoms with E-state index in [2.05, 4.69) is 29.6 Å². The third kappa shape index (κ3) is 3.12. The van der Waals surface area contributed by atoms with Gasteiger partial charge in [-0.3, -0.25) is 4.79 Å². The molecule has 0 unspecified atom stereocenters. The molecule has 0 spiro atoms. The number of benzene rings is 1. The predicted octanol–water partition coefficient (Wildman–Crippen LogP) is 3.52. The van der Waals surface area contributed by atoms with E-state index in [-0.39, 0.29) is 11.9 Å². The molecule has 0 bridgehead atoms. The first-order valence-corrected chi connectivity index (χ1v) is 7.94. The van der Waals surface area contributed by atoms with Crippen LogP contribution in [-0.4, -0.2) is 18.6 Å². The minimum absolute atomic E-state index is 0.0674. The number of nitrogens with one attached hydrogen (secondary N) is 1. The van der Waals surface area contributed by atoms with Crippen LogP contribution in [0.25, 0.3) is 0 Å². The maximum atomic E-state index is 12.5. The summed E-state index contributed by atoms with van der Waals surface area (Å²) < 4.78 is 5.41. The zero-order valence-electron chi connectivity index (χ0n) is 12.6. The molecule has 3 heteroatoms. The van der Waals surface area contributed by atoms with E-state index in [0.717, 1.165) is 30.6 Å². The molecule has 1 heterocycles. The SMILES string of the molecule is CC1=C(C(=O)N[C@@H]2CCCC[C@H]2c2ccccc2)CCO1. The molecule has 112 valence electrons. The van der Waals surface area contributed by atoms with Crippen LogP contribution < -0.4 is 5.32 Å². The minimum atomic E-state index is 0.0674. The van der Waals surface area contributed by atoms with Crippen molar-refractivity contribution in [3.8, 4) is 0 Å². The molecular formula is C18H23NO2. The van der Waals surface area contributed by atoms with Crippen LogP contribution in [0.15, 0.2) is 41.7 Å². The van der Waals surface area contributed by atoms with Crippen LogP contribution in [0.4, 0.5) is 0 Å². The van der Waals surface area contributed by atoms with E-state index >= 15 is 0 Å². The number of rotatable bonds is 3. The minimum Gasteiger partial charge on any atom is -0.497 e. The predicted molar refractivity (Wildman–Crippen MR) is 82.9 cm³/mol. The Labute approximate surface area is 126 Å². The van der Waals surface area contributed by atoms with Crippen molar-refractivity contribution in [3.63, 3.8) is 0 Å². The average molecular weight is 285 g/mol. The van der Waals surface area contributed by atoms with Gasteiger partial charge in [0.1, 0.15) is 5.76 Å². The quantitative estimate of drug-likeness (QED) is 0.922. The third-order valence-electron chi connectivity index (χ3n) is 4.68. The summed E-state index contributed by atoms with van der Waals surface area (Å²) in [7, 11) is 0. The standard InChI is InChI=1S/C18H23NO2/c1-13-15(11-12-21-13)18(20)19-17-10-6-5-9-16(17)14-7-3-2-4-8-14/h2-4,7-8,16-17H,5-6,9-12H2,1H3,(H,19,20)/t16-,17+/m0/s1. The molecule has 1 fully saturated rings. The van der Waals surface area contributed by atoms with Crippen LogP contribution in [0.5, 0.6) is 0 Å². The normalized spacial score (nSPS) is 25.6. The summed E-state index contributed by atoms with van der Waals surface area (Å²) >= 11 is 0. The van der Waals surface area contributed by atoms with Crippen LogP contribution in [0.2, 0.25) is 0 Å². The summed E-state index contributed by atoms with van der Waals surface area (Å²) in [4.78, 5) is 12.5. The van der Waals surface area contributed by atoms with E-state index in [0.29, 0.717) is 12.5 Å². The van der Waals surface area contributed by atoms with Crippen molar-refractivity contribution in [2.75, 3.05) is 6.61 Å². The summed E-state index contributed by atoms with van der Waals surface area (Å²) in [6, 6.07) is 10.8. The maximum absolute atomic E-state index is 12.5. The van der Waals surface area contributed by atoms with Crippen molar-refractivity contribution >= 4 is 5.91 Å². The molecule has 1 aromatic carbocycles. The van der Waals surface area contributed by atoms with Crippen LogP contribution in [0.1, 0.15) is 50.5 Å². The van der Waals surface area contributed by atoms with E-state index in [9.17, 15) is 4.79 Å². The molecule has 0 radical (unpaired) electrons. The van der Waals surface area contributed by atoms with Crippen molar-refractivity contribution < 1.29 is 9.53 Å². The Morgan fingerprint density at radius 2 is 1.95 bits per heavy atom. The maximum Gasteiger partial charge on any atom is 0.250 e. The van der Waals surface area contributed by atoms with Crippen molar-refractivity contribution in [3.05, 3.63) is 47.2 Å². The van der Waals surface area contributed by atoms with Gasteiger partial charge in [0.15, 0.2) is 0 Å². The zero-order chi connectivity index (χ0) is 14.7. The molecule has 0 aromatic heterocycles. The fraction of sp³-hybridized carbons (Fsp3) is 0.500. The molecular weight excluding hydrogens is 262 g/mol. The number of amides is 1. The van der Waals surface area contributed by atoms with E-state index in [1.165, 1.54) is 18.4 Å². The molecule has 2 aliphatic rings. The molecule has 1 aliphatic heterocycles. The van der Waals surface area contributed by atoms with Crippen LogP contribution >= 0.6 is 0 Å². The van der Waals surface area contributed by atoms with E-state index in [1.807, 2.05) is 13.0 Å². The van der Waals surface area contributed by atoms with Gasteiger partial charge in [-0.1, -0.05) is 43.2 Å². The van der Waals surface area contributed by atoms with Crippen LogP contribution in [0, 0.1) is 0 Å². The van der Waals surface area contributed by atoms with Gasteiger partial charge in [0, 0.05) is 18.4 Å². The summed E-state index contributed by atoms with van der Waals surface area (Å²) in [6.07, 6.45) is 5.40. The van der Waals surface area contributed by atoms with Gasteiger partial charge in [-0.2, -0.15) is 0 Å². The number of carbonyl (C=O) groups excluding carboxylic acids is 1. The number of allylic oxidation sites excluding steroid dienone is 1. The third-order valence-corrected chi connectivity index (χ3v) is 4.68. The van der Waals surface area contributed by atoms with Gasteiger partial charge in [-0.15, -0.1) is 0 Å². The average Bonchev–Trinajstić information content (AvgIpc) is 2.95. The summed E-state index contributed by atoms with van der Waals surface area (Å²) in [5, 5.41) is 3.26. The highest BCUT2D eigenvalue weighted by Gasteiger charge is 2.29. The molecule has 1 N–H and O–H groups in total. The van der Waals surface area contributed by atoms with Gasteiger partial charge in [0.25, 0.3) is 5.91 Å². The zero-order valence-corrected chi connectivity index (χ0v) is 12.6. The Kier molecular flexibility index (Phi) is 4.28. The molecule has 1 saturated carbocycles. The number of carbonyl (C=O) groups is 1. The van der Waals surface area contributed by atoms with Crippen molar-refractivity contribution in [1.29, 1.82) is 0 Å². The highest BCUT2D eigenvalue weighted by molar-refractivity contribution is 5.94. The Balaban J connectivity index is 1.73. The summed E-state index contributed by atoms with van der Waals surface area (Å²) in [6.45, 7) is 2.53. The Bertz CT molecular complexity index is 535. The summed E-state index contributed by atoms with van der Waals surface area (Å²) in [5.41, 5.74) is 2.17. The lowest BCUT2D eigenvalue weighted by atomic mass is 9.80. The first-order valence-electron chi connectivity index (χ1n) is 7.94. The first kappa shape index (κ1) is 14.2. The molecule has 1 aliphatic carbocycles. The van der Waals surface area contributed by atoms with E-state index in [4.69, 9.17) is 4.74 Å². The monoisotopic (exact) mass is 285 g/mol. The van der Waals surface area contributed by atoms with Gasteiger partial charge in [0.05, 0.1) is 12.2 Å². The molecule has 3 nitrogen and oxygen atoms in total. The second-order valence-electron chi connectivity index (χ2n) is 6.01.